The SMILES string of the molecule is COC(=O)C1CC(C)N(C(=O)COc2ccccc2)c2ccccc21. The van der Waals surface area contributed by atoms with Crippen LogP contribution >= 0.6 is 0 Å². The smallest absolute Gasteiger partial charge is 0.313 e. The van der Waals surface area contributed by atoms with E-state index in [2.05, 4.69) is 0 Å². The second kappa shape index (κ2) is 7.38. The molecule has 0 saturated heterocycles. The molecule has 0 radical (unpaired) electrons. The number of amides is 1. The predicted octanol–water partition coefficient (Wildman–Crippen LogP) is 3.15. The van der Waals surface area contributed by atoms with Crippen molar-refractivity contribution in [3.8, 4) is 5.75 Å². The number of para-hydroxylation sites is 2. The summed E-state index contributed by atoms with van der Waals surface area (Å²) in [7, 11) is 1.39. The summed E-state index contributed by atoms with van der Waals surface area (Å²) >= 11 is 0. The molecule has 0 fully saturated rings. The minimum absolute atomic E-state index is 0.0500. The molecule has 5 heteroatoms. The average Bonchev–Trinajstić information content (AvgIpc) is 2.65. The summed E-state index contributed by atoms with van der Waals surface area (Å²) in [5, 5.41) is 0. The summed E-state index contributed by atoms with van der Waals surface area (Å²) in [5.74, 6) is -0.101. The van der Waals surface area contributed by atoms with Gasteiger partial charge in [0, 0.05) is 11.7 Å². The number of methoxy groups -OCH3 is 1. The number of hydrogen-bond donors (Lipinski definition) is 0. The lowest BCUT2D eigenvalue weighted by molar-refractivity contribution is -0.143. The molecule has 1 aliphatic rings. The molecule has 0 aromatic heterocycles. The van der Waals surface area contributed by atoms with Crippen LogP contribution in [0.15, 0.2) is 54.6 Å². The van der Waals surface area contributed by atoms with Crippen LogP contribution in [0.1, 0.15) is 24.8 Å². The van der Waals surface area contributed by atoms with Gasteiger partial charge in [-0.1, -0.05) is 36.4 Å². The predicted molar refractivity (Wildman–Crippen MR) is 94.7 cm³/mol. The molecule has 3 rings (SSSR count). The molecule has 2 aromatic rings. The monoisotopic (exact) mass is 339 g/mol. The van der Waals surface area contributed by atoms with Gasteiger partial charge < -0.3 is 14.4 Å². The van der Waals surface area contributed by atoms with E-state index in [4.69, 9.17) is 9.47 Å². The molecular weight excluding hydrogens is 318 g/mol. The van der Waals surface area contributed by atoms with Crippen molar-refractivity contribution in [1.82, 2.24) is 0 Å². The van der Waals surface area contributed by atoms with Crippen molar-refractivity contribution in [2.45, 2.75) is 25.3 Å². The van der Waals surface area contributed by atoms with Crippen molar-refractivity contribution < 1.29 is 19.1 Å². The fourth-order valence-electron chi connectivity index (χ4n) is 3.29. The molecule has 2 aromatic carbocycles. The summed E-state index contributed by atoms with van der Waals surface area (Å²) in [6, 6.07) is 16.6. The topological polar surface area (TPSA) is 55.8 Å². The van der Waals surface area contributed by atoms with Crippen molar-refractivity contribution in [2.24, 2.45) is 0 Å². The Bertz CT molecular complexity index is 759. The molecule has 5 nitrogen and oxygen atoms in total. The second-order valence-electron chi connectivity index (χ2n) is 6.08. The summed E-state index contributed by atoms with van der Waals surface area (Å²) < 4.78 is 10.5. The number of anilines is 1. The van der Waals surface area contributed by atoms with Crippen molar-refractivity contribution in [2.75, 3.05) is 18.6 Å². The summed E-state index contributed by atoms with van der Waals surface area (Å²) in [6.07, 6.45) is 0.529. The molecule has 25 heavy (non-hydrogen) atoms. The van der Waals surface area contributed by atoms with E-state index in [-0.39, 0.29) is 30.4 Å². The van der Waals surface area contributed by atoms with Gasteiger partial charge in [0.2, 0.25) is 0 Å². The Hall–Kier alpha value is -2.82. The summed E-state index contributed by atoms with van der Waals surface area (Å²) in [6.45, 7) is 1.89. The number of fused-ring (bicyclic) bond motifs is 1. The van der Waals surface area contributed by atoms with E-state index in [0.717, 1.165) is 11.3 Å². The highest BCUT2D eigenvalue weighted by Crippen LogP contribution is 2.39. The Balaban J connectivity index is 1.83. The molecule has 0 N–H and O–H groups in total. The fraction of sp³-hybridized carbons (Fsp3) is 0.300. The fourth-order valence-corrected chi connectivity index (χ4v) is 3.29. The Morgan fingerprint density at radius 3 is 2.48 bits per heavy atom. The molecule has 0 aliphatic carbocycles. The highest BCUT2D eigenvalue weighted by molar-refractivity contribution is 5.98. The number of ether oxygens (including phenoxy) is 2. The van der Waals surface area contributed by atoms with Crippen molar-refractivity contribution >= 4 is 17.6 Å². The van der Waals surface area contributed by atoms with Gasteiger partial charge in [-0.25, -0.2) is 0 Å². The Labute approximate surface area is 147 Å². The number of rotatable bonds is 4. The van der Waals surface area contributed by atoms with Crippen LogP contribution in [-0.4, -0.2) is 31.6 Å². The van der Waals surface area contributed by atoms with E-state index >= 15 is 0 Å². The van der Waals surface area contributed by atoms with Crippen LogP contribution in [0.2, 0.25) is 0 Å². The molecule has 130 valence electrons. The van der Waals surface area contributed by atoms with Crippen LogP contribution in [-0.2, 0) is 14.3 Å². The van der Waals surface area contributed by atoms with E-state index in [1.165, 1.54) is 7.11 Å². The van der Waals surface area contributed by atoms with Crippen LogP contribution in [0.4, 0.5) is 5.69 Å². The van der Waals surface area contributed by atoms with Crippen molar-refractivity contribution in [3.63, 3.8) is 0 Å². The zero-order valence-electron chi connectivity index (χ0n) is 14.3. The number of esters is 1. The van der Waals surface area contributed by atoms with Gasteiger partial charge in [-0.2, -0.15) is 0 Å². The number of hydrogen-bond acceptors (Lipinski definition) is 4. The second-order valence-corrected chi connectivity index (χ2v) is 6.08. The summed E-state index contributed by atoms with van der Waals surface area (Å²) in [4.78, 5) is 26.6. The third-order valence-corrected chi connectivity index (χ3v) is 4.45. The first-order chi connectivity index (χ1) is 12.1. The normalized spacial score (nSPS) is 19.0. The molecular formula is C20H21NO4. The van der Waals surface area contributed by atoms with Gasteiger partial charge in [-0.3, -0.25) is 9.59 Å². The molecule has 1 heterocycles. The lowest BCUT2D eigenvalue weighted by Gasteiger charge is -2.38. The number of carbonyl (C=O) groups excluding carboxylic acids is 2. The molecule has 1 aliphatic heterocycles. The highest BCUT2D eigenvalue weighted by Gasteiger charge is 2.37. The molecule has 0 spiro atoms. The number of benzene rings is 2. The van der Waals surface area contributed by atoms with Crippen LogP contribution in [0.3, 0.4) is 0 Å². The van der Waals surface area contributed by atoms with Gasteiger partial charge in [-0.05, 0) is 37.1 Å². The lowest BCUT2D eigenvalue weighted by Crippen LogP contribution is -2.46. The third kappa shape index (κ3) is 3.50. The molecule has 0 bridgehead atoms. The maximum Gasteiger partial charge on any atom is 0.313 e. The summed E-state index contributed by atoms with van der Waals surface area (Å²) in [5.41, 5.74) is 1.57. The zero-order valence-corrected chi connectivity index (χ0v) is 14.3. The largest absolute Gasteiger partial charge is 0.484 e. The van der Waals surface area contributed by atoms with E-state index < -0.39 is 0 Å². The maximum absolute atomic E-state index is 12.8. The first kappa shape index (κ1) is 17.0. The van der Waals surface area contributed by atoms with E-state index in [0.29, 0.717) is 12.2 Å². The zero-order chi connectivity index (χ0) is 17.8. The van der Waals surface area contributed by atoms with Gasteiger partial charge in [-0.15, -0.1) is 0 Å². The maximum atomic E-state index is 12.8. The Morgan fingerprint density at radius 1 is 1.08 bits per heavy atom. The Kier molecular flexibility index (Phi) is 5.03. The molecule has 1 amide bonds. The standard InChI is InChI=1S/C20H21NO4/c1-14-12-17(20(23)24-2)16-10-6-7-11-18(16)21(14)19(22)13-25-15-8-4-3-5-9-15/h3-11,14,17H,12-13H2,1-2H3. The minimum atomic E-state index is -0.352. The van der Waals surface area contributed by atoms with E-state index in [1.54, 1.807) is 4.90 Å². The average molecular weight is 339 g/mol. The van der Waals surface area contributed by atoms with Gasteiger partial charge >= 0.3 is 5.97 Å². The van der Waals surface area contributed by atoms with Crippen molar-refractivity contribution in [1.29, 1.82) is 0 Å². The van der Waals surface area contributed by atoms with Crippen LogP contribution in [0.25, 0.3) is 0 Å². The first-order valence-electron chi connectivity index (χ1n) is 8.28. The third-order valence-electron chi connectivity index (χ3n) is 4.45. The Morgan fingerprint density at radius 2 is 1.76 bits per heavy atom. The van der Waals surface area contributed by atoms with Gasteiger partial charge in [0.15, 0.2) is 6.61 Å². The van der Waals surface area contributed by atoms with Gasteiger partial charge in [0.1, 0.15) is 5.75 Å². The minimum Gasteiger partial charge on any atom is -0.484 e. The molecule has 2 atom stereocenters. The van der Waals surface area contributed by atoms with Crippen LogP contribution < -0.4 is 9.64 Å². The number of nitrogens with zero attached hydrogens (tertiary/aromatic N) is 1. The van der Waals surface area contributed by atoms with Crippen LogP contribution in [0, 0.1) is 0 Å². The van der Waals surface area contributed by atoms with E-state index in [1.807, 2.05) is 61.5 Å². The highest BCUT2D eigenvalue weighted by atomic mass is 16.5. The number of carbonyl (C=O) groups is 2. The van der Waals surface area contributed by atoms with Crippen molar-refractivity contribution in [3.05, 3.63) is 60.2 Å². The quantitative estimate of drug-likeness (QED) is 0.803. The molecule has 2 unspecified atom stereocenters. The van der Waals surface area contributed by atoms with Gasteiger partial charge in [0.05, 0.1) is 13.0 Å². The van der Waals surface area contributed by atoms with Gasteiger partial charge in [0.25, 0.3) is 5.91 Å². The first-order valence-corrected chi connectivity index (χ1v) is 8.28. The van der Waals surface area contributed by atoms with Crippen LogP contribution in [0.5, 0.6) is 5.75 Å². The lowest BCUT2D eigenvalue weighted by atomic mass is 9.86. The van der Waals surface area contributed by atoms with E-state index in [9.17, 15) is 9.59 Å². The molecule has 0 saturated carbocycles.